The molecule has 4 nitrogen and oxygen atoms in total. The standard InChI is InChI=1S/C14H13FN2O2/c1-8-10(3-2-4-13(8)18)14(19)17-9-5-6-12(16)11(15)7-9/h2-7,18H,16H2,1H3,(H,17,19). The van der Waals surface area contributed by atoms with Crippen molar-refractivity contribution >= 4 is 17.3 Å². The van der Waals surface area contributed by atoms with Crippen LogP contribution in [0.5, 0.6) is 5.75 Å². The topological polar surface area (TPSA) is 75.3 Å². The monoisotopic (exact) mass is 260 g/mol. The van der Waals surface area contributed by atoms with E-state index in [-0.39, 0.29) is 11.4 Å². The van der Waals surface area contributed by atoms with Gasteiger partial charge in [0.15, 0.2) is 0 Å². The van der Waals surface area contributed by atoms with Crippen molar-refractivity contribution in [1.82, 2.24) is 0 Å². The van der Waals surface area contributed by atoms with Gasteiger partial charge < -0.3 is 16.2 Å². The van der Waals surface area contributed by atoms with Crippen molar-refractivity contribution in [1.29, 1.82) is 0 Å². The Morgan fingerprint density at radius 1 is 1.32 bits per heavy atom. The van der Waals surface area contributed by atoms with Gasteiger partial charge in [0, 0.05) is 16.8 Å². The Morgan fingerprint density at radius 3 is 2.74 bits per heavy atom. The smallest absolute Gasteiger partial charge is 0.256 e. The lowest BCUT2D eigenvalue weighted by Gasteiger charge is -2.09. The summed E-state index contributed by atoms with van der Waals surface area (Å²) in [5, 5.41) is 12.1. The molecule has 5 heteroatoms. The van der Waals surface area contributed by atoms with Crippen LogP contribution in [0.4, 0.5) is 15.8 Å². The highest BCUT2D eigenvalue weighted by Crippen LogP contribution is 2.21. The van der Waals surface area contributed by atoms with Gasteiger partial charge in [0.2, 0.25) is 0 Å². The third-order valence-corrected chi connectivity index (χ3v) is 2.81. The Bertz CT molecular complexity index is 641. The average Bonchev–Trinajstić information content (AvgIpc) is 2.37. The maximum Gasteiger partial charge on any atom is 0.256 e. The number of nitrogens with one attached hydrogen (secondary N) is 1. The zero-order chi connectivity index (χ0) is 14.0. The molecule has 0 saturated carbocycles. The van der Waals surface area contributed by atoms with Gasteiger partial charge in [-0.05, 0) is 37.3 Å². The van der Waals surface area contributed by atoms with E-state index >= 15 is 0 Å². The highest BCUT2D eigenvalue weighted by atomic mass is 19.1. The summed E-state index contributed by atoms with van der Waals surface area (Å²) < 4.78 is 13.3. The van der Waals surface area contributed by atoms with E-state index in [2.05, 4.69) is 5.32 Å². The minimum Gasteiger partial charge on any atom is -0.508 e. The number of benzene rings is 2. The number of halogens is 1. The Morgan fingerprint density at radius 2 is 2.05 bits per heavy atom. The molecule has 0 radical (unpaired) electrons. The summed E-state index contributed by atoms with van der Waals surface area (Å²) in [6.07, 6.45) is 0. The van der Waals surface area contributed by atoms with Gasteiger partial charge in [-0.2, -0.15) is 0 Å². The van der Waals surface area contributed by atoms with Crippen molar-refractivity contribution < 1.29 is 14.3 Å². The molecular formula is C14H13FN2O2. The van der Waals surface area contributed by atoms with Crippen LogP contribution in [0.15, 0.2) is 36.4 Å². The van der Waals surface area contributed by atoms with Crippen molar-refractivity contribution in [3.8, 4) is 5.75 Å². The second-order valence-corrected chi connectivity index (χ2v) is 4.14. The highest BCUT2D eigenvalue weighted by molar-refractivity contribution is 6.05. The molecule has 1 amide bonds. The average molecular weight is 260 g/mol. The van der Waals surface area contributed by atoms with Gasteiger partial charge >= 0.3 is 0 Å². The number of aromatic hydroxyl groups is 1. The van der Waals surface area contributed by atoms with Crippen LogP contribution in [0.2, 0.25) is 0 Å². The van der Waals surface area contributed by atoms with Gasteiger partial charge in [0.25, 0.3) is 5.91 Å². The van der Waals surface area contributed by atoms with Crippen LogP contribution in [0.3, 0.4) is 0 Å². The highest BCUT2D eigenvalue weighted by Gasteiger charge is 2.12. The van der Waals surface area contributed by atoms with Crippen LogP contribution in [0.25, 0.3) is 0 Å². The normalized spacial score (nSPS) is 10.2. The quantitative estimate of drug-likeness (QED) is 0.727. The molecule has 0 aliphatic carbocycles. The van der Waals surface area contributed by atoms with Gasteiger partial charge in [0.05, 0.1) is 5.69 Å². The molecule has 4 N–H and O–H groups in total. The van der Waals surface area contributed by atoms with E-state index in [1.807, 2.05) is 0 Å². The molecule has 2 rings (SSSR count). The third-order valence-electron chi connectivity index (χ3n) is 2.81. The van der Waals surface area contributed by atoms with Gasteiger partial charge in [-0.3, -0.25) is 4.79 Å². The van der Waals surface area contributed by atoms with E-state index in [0.29, 0.717) is 16.8 Å². The van der Waals surface area contributed by atoms with Crippen molar-refractivity contribution in [2.45, 2.75) is 6.92 Å². The predicted octanol–water partition coefficient (Wildman–Crippen LogP) is 2.67. The summed E-state index contributed by atoms with van der Waals surface area (Å²) in [4.78, 5) is 12.0. The number of carbonyl (C=O) groups is 1. The summed E-state index contributed by atoms with van der Waals surface area (Å²) in [6, 6.07) is 8.67. The molecular weight excluding hydrogens is 247 g/mol. The van der Waals surface area contributed by atoms with E-state index in [1.165, 1.54) is 18.2 Å². The molecule has 0 spiro atoms. The largest absolute Gasteiger partial charge is 0.508 e. The van der Waals surface area contributed by atoms with Crippen LogP contribution in [0, 0.1) is 12.7 Å². The molecule has 0 aliphatic heterocycles. The van der Waals surface area contributed by atoms with Gasteiger partial charge in [-0.25, -0.2) is 4.39 Å². The van der Waals surface area contributed by atoms with E-state index in [4.69, 9.17) is 5.73 Å². The SMILES string of the molecule is Cc1c(O)cccc1C(=O)Nc1ccc(N)c(F)c1. The third kappa shape index (κ3) is 2.65. The molecule has 0 heterocycles. The number of hydrogen-bond acceptors (Lipinski definition) is 3. The Hall–Kier alpha value is -2.56. The van der Waals surface area contributed by atoms with Crippen molar-refractivity contribution in [2.75, 3.05) is 11.1 Å². The Kier molecular flexibility index (Phi) is 3.37. The number of nitrogen functional groups attached to an aromatic ring is 1. The minimum absolute atomic E-state index is 0.0199. The zero-order valence-electron chi connectivity index (χ0n) is 10.3. The second-order valence-electron chi connectivity index (χ2n) is 4.14. The summed E-state index contributed by atoms with van der Waals surface area (Å²) in [6.45, 7) is 1.63. The molecule has 0 atom stereocenters. The number of phenolic OH excluding ortho intramolecular Hbond substituents is 1. The Balaban J connectivity index is 2.26. The fourth-order valence-corrected chi connectivity index (χ4v) is 1.67. The summed E-state index contributed by atoms with van der Waals surface area (Å²) >= 11 is 0. The van der Waals surface area contributed by atoms with Gasteiger partial charge in [-0.1, -0.05) is 6.07 Å². The van der Waals surface area contributed by atoms with Crippen molar-refractivity contribution in [3.05, 3.63) is 53.3 Å². The van der Waals surface area contributed by atoms with Gasteiger partial charge in [-0.15, -0.1) is 0 Å². The number of rotatable bonds is 2. The van der Waals surface area contributed by atoms with Crippen LogP contribution in [-0.4, -0.2) is 11.0 Å². The van der Waals surface area contributed by atoms with E-state index in [9.17, 15) is 14.3 Å². The number of nitrogens with two attached hydrogens (primary N) is 1. The first-order chi connectivity index (χ1) is 8.99. The second kappa shape index (κ2) is 4.97. The fraction of sp³-hybridized carbons (Fsp3) is 0.0714. The van der Waals surface area contributed by atoms with E-state index in [0.717, 1.165) is 6.07 Å². The van der Waals surface area contributed by atoms with Crippen molar-refractivity contribution in [2.24, 2.45) is 0 Å². The molecule has 0 unspecified atom stereocenters. The number of carbonyl (C=O) groups excluding carboxylic acids is 1. The van der Waals surface area contributed by atoms with Crippen LogP contribution < -0.4 is 11.1 Å². The number of hydrogen-bond donors (Lipinski definition) is 3. The van der Waals surface area contributed by atoms with Crippen LogP contribution >= 0.6 is 0 Å². The maximum absolute atomic E-state index is 13.3. The summed E-state index contributed by atoms with van der Waals surface area (Å²) in [5.41, 5.74) is 6.48. The van der Waals surface area contributed by atoms with Crippen molar-refractivity contribution in [3.63, 3.8) is 0 Å². The number of amides is 1. The maximum atomic E-state index is 13.3. The molecule has 0 aromatic heterocycles. The molecule has 0 bridgehead atoms. The number of phenols is 1. The predicted molar refractivity (Wildman–Crippen MR) is 71.6 cm³/mol. The van der Waals surface area contributed by atoms with Crippen LogP contribution in [0.1, 0.15) is 15.9 Å². The molecule has 0 saturated heterocycles. The fourth-order valence-electron chi connectivity index (χ4n) is 1.67. The molecule has 0 fully saturated rings. The molecule has 2 aromatic carbocycles. The molecule has 2 aromatic rings. The lowest BCUT2D eigenvalue weighted by Crippen LogP contribution is -2.13. The molecule has 19 heavy (non-hydrogen) atoms. The first-order valence-electron chi connectivity index (χ1n) is 5.64. The first-order valence-corrected chi connectivity index (χ1v) is 5.64. The van der Waals surface area contributed by atoms with E-state index < -0.39 is 11.7 Å². The number of anilines is 2. The lowest BCUT2D eigenvalue weighted by atomic mass is 10.1. The molecule has 98 valence electrons. The molecule has 0 aliphatic rings. The first kappa shape index (κ1) is 12.9. The van der Waals surface area contributed by atoms with E-state index in [1.54, 1.807) is 19.1 Å². The zero-order valence-corrected chi connectivity index (χ0v) is 10.3. The Labute approximate surface area is 109 Å². The van der Waals surface area contributed by atoms with Crippen LogP contribution in [-0.2, 0) is 0 Å². The summed E-state index contributed by atoms with van der Waals surface area (Å²) in [7, 11) is 0. The lowest BCUT2D eigenvalue weighted by molar-refractivity contribution is 0.102. The minimum atomic E-state index is -0.592. The summed E-state index contributed by atoms with van der Waals surface area (Å²) in [5.74, 6) is -0.973. The van der Waals surface area contributed by atoms with Gasteiger partial charge in [0.1, 0.15) is 11.6 Å².